The van der Waals surface area contributed by atoms with Crippen LogP contribution in [0.2, 0.25) is 0 Å². The van der Waals surface area contributed by atoms with Gasteiger partial charge in [0.25, 0.3) is 0 Å². The zero-order chi connectivity index (χ0) is 12.1. The summed E-state index contributed by atoms with van der Waals surface area (Å²) < 4.78 is 0.803. The van der Waals surface area contributed by atoms with Gasteiger partial charge >= 0.3 is 0 Å². The Kier molecular flexibility index (Phi) is 5.15. The normalized spacial score (nSPS) is 13.2. The lowest BCUT2D eigenvalue weighted by atomic mass is 10.0. The highest BCUT2D eigenvalue weighted by molar-refractivity contribution is 9.10. The summed E-state index contributed by atoms with van der Waals surface area (Å²) in [5.74, 6) is 1.42. The van der Waals surface area contributed by atoms with Gasteiger partial charge in [0.15, 0.2) is 0 Å². The van der Waals surface area contributed by atoms with Crippen LogP contribution in [0.25, 0.3) is 0 Å². The van der Waals surface area contributed by atoms with Crippen molar-refractivity contribution in [2.45, 2.75) is 19.9 Å². The van der Waals surface area contributed by atoms with Crippen molar-refractivity contribution in [1.82, 2.24) is 14.9 Å². The molecule has 0 aliphatic carbocycles. The Hall–Kier alpha value is -0.680. The summed E-state index contributed by atoms with van der Waals surface area (Å²) in [7, 11) is 4.15. The highest BCUT2D eigenvalue weighted by atomic mass is 79.9. The number of rotatable bonds is 5. The highest BCUT2D eigenvalue weighted by Crippen LogP contribution is 2.14. The van der Waals surface area contributed by atoms with E-state index < -0.39 is 0 Å². The fourth-order valence-electron chi connectivity index (χ4n) is 1.42. The topological polar surface area (TPSA) is 41.0 Å². The van der Waals surface area contributed by atoms with E-state index in [1.54, 1.807) is 6.33 Å². The summed E-state index contributed by atoms with van der Waals surface area (Å²) in [4.78, 5) is 10.4. The molecule has 1 atom stereocenters. The maximum atomic E-state index is 4.20. The van der Waals surface area contributed by atoms with Crippen LogP contribution in [0, 0.1) is 5.92 Å². The van der Waals surface area contributed by atoms with Gasteiger partial charge in [-0.2, -0.15) is 0 Å². The Labute approximate surface area is 106 Å². The lowest BCUT2D eigenvalue weighted by molar-refractivity contribution is 0.344. The SMILES string of the molecule is CC(C)C(CN(C)C)Nc1cc(Br)ncn1. The van der Waals surface area contributed by atoms with Crippen LogP contribution in [0.4, 0.5) is 5.82 Å². The first-order valence-corrected chi connectivity index (χ1v) is 6.17. The van der Waals surface area contributed by atoms with Crippen molar-refractivity contribution in [1.29, 1.82) is 0 Å². The van der Waals surface area contributed by atoms with Crippen LogP contribution in [-0.2, 0) is 0 Å². The maximum Gasteiger partial charge on any atom is 0.130 e. The van der Waals surface area contributed by atoms with Crippen molar-refractivity contribution < 1.29 is 0 Å². The Morgan fingerprint density at radius 2 is 2.06 bits per heavy atom. The lowest BCUT2D eigenvalue weighted by Gasteiger charge is -2.26. The Balaban J connectivity index is 2.68. The molecule has 0 aromatic carbocycles. The van der Waals surface area contributed by atoms with Gasteiger partial charge in [-0.3, -0.25) is 0 Å². The van der Waals surface area contributed by atoms with Crippen LogP contribution in [0.3, 0.4) is 0 Å². The molecule has 4 nitrogen and oxygen atoms in total. The summed E-state index contributed by atoms with van der Waals surface area (Å²) in [5, 5.41) is 3.43. The van der Waals surface area contributed by atoms with Gasteiger partial charge in [0, 0.05) is 18.7 Å². The van der Waals surface area contributed by atoms with Gasteiger partial charge < -0.3 is 10.2 Å². The number of nitrogens with one attached hydrogen (secondary N) is 1. The predicted molar refractivity (Wildman–Crippen MR) is 70.5 cm³/mol. The molecular weight excluding hydrogens is 268 g/mol. The molecule has 0 bridgehead atoms. The molecule has 1 rings (SSSR count). The number of hydrogen-bond acceptors (Lipinski definition) is 4. The number of halogens is 1. The fourth-order valence-corrected chi connectivity index (χ4v) is 1.73. The van der Waals surface area contributed by atoms with E-state index in [0.29, 0.717) is 12.0 Å². The molecule has 1 aromatic heterocycles. The van der Waals surface area contributed by atoms with Gasteiger partial charge in [0.1, 0.15) is 16.7 Å². The summed E-state index contributed by atoms with van der Waals surface area (Å²) in [6, 6.07) is 2.28. The second kappa shape index (κ2) is 6.15. The molecule has 0 spiro atoms. The average molecular weight is 287 g/mol. The fraction of sp³-hybridized carbons (Fsp3) is 0.636. The van der Waals surface area contributed by atoms with Crippen LogP contribution in [0.15, 0.2) is 17.0 Å². The van der Waals surface area contributed by atoms with Crippen molar-refractivity contribution in [2.24, 2.45) is 5.92 Å². The van der Waals surface area contributed by atoms with Gasteiger partial charge in [0.05, 0.1) is 0 Å². The summed E-state index contributed by atoms with van der Waals surface area (Å²) in [6.45, 7) is 5.40. The highest BCUT2D eigenvalue weighted by Gasteiger charge is 2.14. The zero-order valence-electron chi connectivity index (χ0n) is 10.2. The van der Waals surface area contributed by atoms with Crippen LogP contribution in [0.5, 0.6) is 0 Å². The van der Waals surface area contributed by atoms with Crippen LogP contribution >= 0.6 is 15.9 Å². The Morgan fingerprint density at radius 3 is 2.56 bits per heavy atom. The smallest absolute Gasteiger partial charge is 0.130 e. The van der Waals surface area contributed by atoms with Crippen molar-refractivity contribution >= 4 is 21.7 Å². The third-order valence-corrected chi connectivity index (χ3v) is 2.77. The molecule has 0 saturated carbocycles. The minimum atomic E-state index is 0.386. The zero-order valence-corrected chi connectivity index (χ0v) is 11.8. The monoisotopic (exact) mass is 286 g/mol. The number of likely N-dealkylation sites (N-methyl/N-ethyl adjacent to an activating group) is 1. The quantitative estimate of drug-likeness (QED) is 0.843. The first-order valence-electron chi connectivity index (χ1n) is 5.38. The molecule has 90 valence electrons. The maximum absolute atomic E-state index is 4.20. The van der Waals surface area contributed by atoms with Gasteiger partial charge in [-0.15, -0.1) is 0 Å². The van der Waals surface area contributed by atoms with E-state index in [1.165, 1.54) is 0 Å². The van der Waals surface area contributed by atoms with E-state index in [2.05, 4.69) is 64.1 Å². The van der Waals surface area contributed by atoms with Crippen molar-refractivity contribution in [3.8, 4) is 0 Å². The number of nitrogens with zero attached hydrogens (tertiary/aromatic N) is 3. The molecule has 0 amide bonds. The van der Waals surface area contributed by atoms with Crippen molar-refractivity contribution in [3.05, 3.63) is 17.0 Å². The average Bonchev–Trinajstić information content (AvgIpc) is 2.15. The molecule has 0 aliphatic rings. The first kappa shape index (κ1) is 13.4. The van der Waals surface area contributed by atoms with Crippen LogP contribution in [-0.4, -0.2) is 41.5 Å². The third-order valence-electron chi connectivity index (χ3n) is 2.33. The number of aromatic nitrogens is 2. The van der Waals surface area contributed by atoms with E-state index >= 15 is 0 Å². The molecule has 16 heavy (non-hydrogen) atoms. The molecule has 0 radical (unpaired) electrons. The lowest BCUT2D eigenvalue weighted by Crippen LogP contribution is -2.36. The van der Waals surface area contributed by atoms with E-state index in [0.717, 1.165) is 17.0 Å². The van der Waals surface area contributed by atoms with Gasteiger partial charge in [0.2, 0.25) is 0 Å². The minimum Gasteiger partial charge on any atom is -0.366 e. The second-order valence-electron chi connectivity index (χ2n) is 4.48. The molecule has 1 unspecified atom stereocenters. The van der Waals surface area contributed by atoms with Gasteiger partial charge in [-0.25, -0.2) is 9.97 Å². The van der Waals surface area contributed by atoms with E-state index in [-0.39, 0.29) is 0 Å². The van der Waals surface area contributed by atoms with Crippen molar-refractivity contribution in [2.75, 3.05) is 26.0 Å². The molecule has 1 heterocycles. The van der Waals surface area contributed by atoms with E-state index in [4.69, 9.17) is 0 Å². The largest absolute Gasteiger partial charge is 0.366 e. The summed E-state index contributed by atoms with van der Waals surface area (Å²) in [6.07, 6.45) is 1.56. The number of anilines is 1. The standard InChI is InChI=1S/C11H19BrN4/c1-8(2)9(6-16(3)4)15-11-5-10(12)13-7-14-11/h5,7-9H,6H2,1-4H3,(H,13,14,15). The third kappa shape index (κ3) is 4.45. The second-order valence-corrected chi connectivity index (χ2v) is 5.30. The van der Waals surface area contributed by atoms with E-state index in [1.807, 2.05) is 6.07 Å². The predicted octanol–water partition coefficient (Wildman–Crippen LogP) is 2.24. The van der Waals surface area contributed by atoms with Crippen molar-refractivity contribution in [3.63, 3.8) is 0 Å². The van der Waals surface area contributed by atoms with Gasteiger partial charge in [-0.1, -0.05) is 13.8 Å². The van der Waals surface area contributed by atoms with E-state index in [9.17, 15) is 0 Å². The first-order chi connectivity index (χ1) is 7.49. The van der Waals surface area contributed by atoms with Gasteiger partial charge in [-0.05, 0) is 35.9 Å². The molecule has 0 fully saturated rings. The van der Waals surface area contributed by atoms with Crippen LogP contribution in [0.1, 0.15) is 13.8 Å². The molecule has 0 saturated heterocycles. The van der Waals surface area contributed by atoms with Crippen LogP contribution < -0.4 is 5.32 Å². The molecule has 0 aliphatic heterocycles. The molecule has 1 aromatic rings. The molecular formula is C11H19BrN4. The number of hydrogen-bond donors (Lipinski definition) is 1. The molecule has 1 N–H and O–H groups in total. The minimum absolute atomic E-state index is 0.386. The Bertz CT molecular complexity index is 328. The summed E-state index contributed by atoms with van der Waals surface area (Å²) in [5.41, 5.74) is 0. The Morgan fingerprint density at radius 1 is 1.38 bits per heavy atom. The summed E-state index contributed by atoms with van der Waals surface area (Å²) >= 11 is 3.34. The molecule has 5 heteroatoms.